The first-order chi connectivity index (χ1) is 16.0. The van der Waals surface area contributed by atoms with Crippen molar-refractivity contribution in [2.45, 2.75) is 19.9 Å². The number of aromatic nitrogens is 3. The van der Waals surface area contributed by atoms with E-state index in [0.29, 0.717) is 31.0 Å². The molecular weight excluding hydrogens is 434 g/mol. The Morgan fingerprint density at radius 2 is 1.73 bits per heavy atom. The number of hydrogen-bond donors (Lipinski definition) is 0. The van der Waals surface area contributed by atoms with Crippen LogP contribution in [0.5, 0.6) is 0 Å². The van der Waals surface area contributed by atoms with Crippen LogP contribution in [0.1, 0.15) is 16.8 Å². The van der Waals surface area contributed by atoms with E-state index < -0.39 is 0 Å². The van der Waals surface area contributed by atoms with Gasteiger partial charge in [0.1, 0.15) is 5.01 Å². The molecule has 1 fully saturated rings. The third-order valence-electron chi connectivity index (χ3n) is 5.91. The van der Waals surface area contributed by atoms with Crippen molar-refractivity contribution in [3.63, 3.8) is 0 Å². The summed E-state index contributed by atoms with van der Waals surface area (Å²) in [6.07, 6.45) is 0.435. The molecule has 1 aliphatic rings. The fourth-order valence-electron chi connectivity index (χ4n) is 4.02. The quantitative estimate of drug-likeness (QED) is 0.459. The van der Waals surface area contributed by atoms with Crippen LogP contribution >= 0.6 is 11.3 Å². The molecule has 5 rings (SSSR count). The molecule has 2 aromatic carbocycles. The maximum atomic E-state index is 12.7. The third kappa shape index (κ3) is 4.86. The molecule has 0 aliphatic carbocycles. The molecular formula is C25H25N5O2S. The van der Waals surface area contributed by atoms with Crippen LogP contribution in [0.15, 0.2) is 65.5 Å². The van der Waals surface area contributed by atoms with Gasteiger partial charge in [0, 0.05) is 44.4 Å². The number of benzene rings is 2. The van der Waals surface area contributed by atoms with Crippen molar-refractivity contribution >= 4 is 22.2 Å². The van der Waals surface area contributed by atoms with E-state index in [4.69, 9.17) is 4.98 Å². The monoisotopic (exact) mass is 459 g/mol. The summed E-state index contributed by atoms with van der Waals surface area (Å²) >= 11 is 1.42. The average Bonchev–Trinajstić information content (AvgIpc) is 3.25. The molecule has 3 heterocycles. The molecule has 0 atom stereocenters. The van der Waals surface area contributed by atoms with Gasteiger partial charge in [-0.3, -0.25) is 14.5 Å². The van der Waals surface area contributed by atoms with Gasteiger partial charge in [-0.05, 0) is 12.5 Å². The van der Waals surface area contributed by atoms with Crippen molar-refractivity contribution in [1.82, 2.24) is 24.4 Å². The second-order valence-electron chi connectivity index (χ2n) is 8.37. The lowest BCUT2D eigenvalue weighted by atomic mass is 10.1. The lowest BCUT2D eigenvalue weighted by Crippen LogP contribution is -2.48. The van der Waals surface area contributed by atoms with Crippen molar-refractivity contribution in [2.24, 2.45) is 0 Å². The highest BCUT2D eigenvalue weighted by Gasteiger charge is 2.22. The predicted octanol–water partition coefficient (Wildman–Crippen LogP) is 3.01. The SMILES string of the molecule is Cc1ccc(-c2nn3c(=O)cc(CN4CCN(C(=O)Cc5ccccc5)CC4)nc3s2)cc1. The predicted molar refractivity (Wildman–Crippen MR) is 129 cm³/mol. The van der Waals surface area contributed by atoms with Crippen LogP contribution < -0.4 is 5.56 Å². The van der Waals surface area contributed by atoms with Crippen LogP contribution in [-0.4, -0.2) is 56.5 Å². The lowest BCUT2D eigenvalue weighted by molar-refractivity contribution is -0.132. The average molecular weight is 460 g/mol. The first kappa shape index (κ1) is 21.5. The van der Waals surface area contributed by atoms with Gasteiger partial charge in [-0.2, -0.15) is 9.61 Å². The zero-order valence-electron chi connectivity index (χ0n) is 18.5. The molecule has 7 nitrogen and oxygen atoms in total. The van der Waals surface area contributed by atoms with Gasteiger partial charge < -0.3 is 4.90 Å². The summed E-state index contributed by atoms with van der Waals surface area (Å²) in [6.45, 7) is 5.53. The minimum Gasteiger partial charge on any atom is -0.340 e. The molecule has 8 heteroatoms. The van der Waals surface area contributed by atoms with Crippen LogP contribution in [0.4, 0.5) is 0 Å². The Labute approximate surface area is 195 Å². The number of hydrogen-bond acceptors (Lipinski definition) is 6. The Kier molecular flexibility index (Phi) is 6.02. The Balaban J connectivity index is 1.24. The molecule has 33 heavy (non-hydrogen) atoms. The molecule has 0 saturated carbocycles. The zero-order chi connectivity index (χ0) is 22.8. The number of rotatable bonds is 5. The molecule has 0 spiro atoms. The first-order valence-corrected chi connectivity index (χ1v) is 11.9. The molecule has 1 aliphatic heterocycles. The van der Waals surface area contributed by atoms with Gasteiger partial charge in [0.05, 0.1) is 12.1 Å². The van der Waals surface area contributed by atoms with Gasteiger partial charge in [-0.15, -0.1) is 0 Å². The molecule has 0 radical (unpaired) electrons. The summed E-state index contributed by atoms with van der Waals surface area (Å²) < 4.78 is 1.38. The number of fused-ring (bicyclic) bond motifs is 1. The smallest absolute Gasteiger partial charge is 0.275 e. The van der Waals surface area contributed by atoms with Crippen molar-refractivity contribution in [1.29, 1.82) is 0 Å². The van der Waals surface area contributed by atoms with Crippen LogP contribution in [0.2, 0.25) is 0 Å². The largest absolute Gasteiger partial charge is 0.340 e. The summed E-state index contributed by atoms with van der Waals surface area (Å²) in [7, 11) is 0. The van der Waals surface area contributed by atoms with E-state index in [-0.39, 0.29) is 11.5 Å². The minimum atomic E-state index is -0.165. The highest BCUT2D eigenvalue weighted by molar-refractivity contribution is 7.19. The van der Waals surface area contributed by atoms with Crippen LogP contribution in [0, 0.1) is 6.92 Å². The number of amides is 1. The molecule has 0 bridgehead atoms. The molecule has 4 aromatic rings. The number of nitrogens with zero attached hydrogens (tertiary/aromatic N) is 5. The van der Waals surface area contributed by atoms with Gasteiger partial charge in [-0.1, -0.05) is 71.5 Å². The Hall–Kier alpha value is -3.36. The van der Waals surface area contributed by atoms with Crippen molar-refractivity contribution in [3.8, 4) is 10.6 Å². The number of piperazine rings is 1. The Morgan fingerprint density at radius 1 is 1.00 bits per heavy atom. The van der Waals surface area contributed by atoms with E-state index >= 15 is 0 Å². The highest BCUT2D eigenvalue weighted by atomic mass is 32.1. The van der Waals surface area contributed by atoms with Crippen LogP contribution in [0.25, 0.3) is 15.5 Å². The standard InChI is InChI=1S/C25H25N5O2S/c1-18-7-9-20(10-8-18)24-27-30-23(32)16-21(26-25(30)33-24)17-28-11-13-29(14-12-28)22(31)15-19-5-3-2-4-6-19/h2-10,16H,11-15,17H2,1H3. The Bertz CT molecular complexity index is 1320. The summed E-state index contributed by atoms with van der Waals surface area (Å²) in [6, 6.07) is 19.5. The summed E-state index contributed by atoms with van der Waals surface area (Å²) in [5.41, 5.74) is 3.77. The third-order valence-corrected chi connectivity index (χ3v) is 6.86. The number of carbonyl (C=O) groups is 1. The maximum Gasteiger partial charge on any atom is 0.275 e. The van der Waals surface area contributed by atoms with Crippen LogP contribution in [-0.2, 0) is 17.8 Å². The number of carbonyl (C=O) groups excluding carboxylic acids is 1. The first-order valence-electron chi connectivity index (χ1n) is 11.1. The van der Waals surface area contributed by atoms with Gasteiger partial charge in [-0.25, -0.2) is 4.98 Å². The number of aryl methyl sites for hydroxylation is 1. The second-order valence-corrected chi connectivity index (χ2v) is 9.33. The van der Waals surface area contributed by atoms with E-state index in [1.165, 1.54) is 21.4 Å². The van der Waals surface area contributed by atoms with E-state index in [2.05, 4.69) is 10.00 Å². The lowest BCUT2D eigenvalue weighted by Gasteiger charge is -2.34. The minimum absolute atomic E-state index is 0.159. The molecule has 1 saturated heterocycles. The molecule has 168 valence electrons. The van der Waals surface area contributed by atoms with E-state index in [9.17, 15) is 9.59 Å². The Morgan fingerprint density at radius 3 is 2.45 bits per heavy atom. The van der Waals surface area contributed by atoms with Crippen LogP contribution in [0.3, 0.4) is 0 Å². The van der Waals surface area contributed by atoms with Gasteiger partial charge in [0.2, 0.25) is 10.9 Å². The molecule has 0 N–H and O–H groups in total. The van der Waals surface area contributed by atoms with E-state index in [0.717, 1.165) is 34.9 Å². The van der Waals surface area contributed by atoms with Gasteiger partial charge >= 0.3 is 0 Å². The fourth-order valence-corrected chi connectivity index (χ4v) is 4.95. The van der Waals surface area contributed by atoms with Crippen molar-refractivity contribution < 1.29 is 4.79 Å². The topological polar surface area (TPSA) is 70.8 Å². The van der Waals surface area contributed by atoms with Crippen molar-refractivity contribution in [3.05, 3.63) is 87.8 Å². The second kappa shape index (κ2) is 9.25. The highest BCUT2D eigenvalue weighted by Crippen LogP contribution is 2.24. The van der Waals surface area contributed by atoms with Crippen molar-refractivity contribution in [2.75, 3.05) is 26.2 Å². The zero-order valence-corrected chi connectivity index (χ0v) is 19.3. The van der Waals surface area contributed by atoms with Gasteiger partial charge in [0.15, 0.2) is 0 Å². The van der Waals surface area contributed by atoms with Gasteiger partial charge in [0.25, 0.3) is 5.56 Å². The normalized spacial score (nSPS) is 14.6. The molecule has 1 amide bonds. The summed E-state index contributed by atoms with van der Waals surface area (Å²) in [4.78, 5) is 34.7. The maximum absolute atomic E-state index is 12.7. The molecule has 2 aromatic heterocycles. The fraction of sp³-hybridized carbons (Fsp3) is 0.280. The van der Waals surface area contributed by atoms with E-state index in [1.54, 1.807) is 6.07 Å². The van der Waals surface area contributed by atoms with E-state index in [1.807, 2.05) is 66.4 Å². The summed E-state index contributed by atoms with van der Waals surface area (Å²) in [5, 5.41) is 5.25. The summed E-state index contributed by atoms with van der Waals surface area (Å²) in [5.74, 6) is 0.159. The molecule has 0 unspecified atom stereocenters.